The number of aromatic carboxylic acids is 1. The molecule has 17 heavy (non-hydrogen) atoms. The Hall–Kier alpha value is -1.73. The highest BCUT2D eigenvalue weighted by Gasteiger charge is 2.00. The fraction of sp³-hybridized carbons (Fsp3) is 0.231. The fourth-order valence-corrected chi connectivity index (χ4v) is 1.63. The molecule has 88 valence electrons. The van der Waals surface area contributed by atoms with Gasteiger partial charge in [0.2, 0.25) is 0 Å². The fourth-order valence-electron chi connectivity index (χ4n) is 1.14. The van der Waals surface area contributed by atoms with Gasteiger partial charge < -0.3 is 5.11 Å². The summed E-state index contributed by atoms with van der Waals surface area (Å²) in [5, 5.41) is 8.87. The van der Waals surface area contributed by atoms with E-state index in [1.807, 2.05) is 0 Å². The first-order chi connectivity index (χ1) is 8.09. The summed E-state index contributed by atoms with van der Waals surface area (Å²) < 4.78 is 0. The lowest BCUT2D eigenvalue weighted by Gasteiger charge is -1.94. The Bertz CT molecular complexity index is 483. The van der Waals surface area contributed by atoms with Gasteiger partial charge in [0, 0.05) is 24.7 Å². The largest absolute Gasteiger partial charge is 0.478 e. The zero-order valence-electron chi connectivity index (χ0n) is 9.40. The maximum Gasteiger partial charge on any atom is 0.335 e. The number of thioether (sulfide) groups is 1. The molecule has 3 nitrogen and oxygen atoms in total. The minimum absolute atomic E-state index is 0.0830. The normalized spacial score (nSPS) is 9.24. The monoisotopic (exact) mass is 248 g/mol. The van der Waals surface area contributed by atoms with E-state index < -0.39 is 5.97 Å². The van der Waals surface area contributed by atoms with Gasteiger partial charge in [0.1, 0.15) is 0 Å². The summed E-state index contributed by atoms with van der Waals surface area (Å²) in [5.74, 6) is 5.49. The third kappa shape index (κ3) is 5.23. The van der Waals surface area contributed by atoms with Crippen LogP contribution in [0.5, 0.6) is 0 Å². The van der Waals surface area contributed by atoms with Gasteiger partial charge in [-0.05, 0) is 18.2 Å². The summed E-state index contributed by atoms with van der Waals surface area (Å²) in [4.78, 5) is 21.4. The molecule has 0 atom stereocenters. The number of hydrogen-bond donors (Lipinski definition) is 1. The molecule has 1 aromatic rings. The van der Waals surface area contributed by atoms with E-state index in [9.17, 15) is 9.59 Å². The van der Waals surface area contributed by atoms with E-state index in [4.69, 9.17) is 5.11 Å². The maximum atomic E-state index is 10.7. The first-order valence-corrected chi connectivity index (χ1v) is 6.04. The first kappa shape index (κ1) is 13.3. The Morgan fingerprint density at radius 3 is 2.82 bits per heavy atom. The van der Waals surface area contributed by atoms with Crippen LogP contribution in [0, 0.1) is 11.8 Å². The molecule has 0 aliphatic heterocycles. The summed E-state index contributed by atoms with van der Waals surface area (Å²) in [6.45, 7) is 1.52. The molecule has 0 spiro atoms. The highest BCUT2D eigenvalue weighted by molar-refractivity contribution is 8.13. The molecule has 0 saturated heterocycles. The molecule has 0 heterocycles. The standard InChI is InChI=1S/C13H12O3S/c1-10(14)17-8-3-2-5-11-6-4-7-12(9-11)13(15)16/h4,6-7,9H,3,8H2,1H3,(H,15,16). The Kier molecular flexibility index (Phi) is 5.31. The van der Waals surface area contributed by atoms with Gasteiger partial charge in [0.05, 0.1) is 5.56 Å². The average Bonchev–Trinajstić information content (AvgIpc) is 2.28. The molecule has 1 rings (SSSR count). The number of benzene rings is 1. The van der Waals surface area contributed by atoms with Crippen LogP contribution in [-0.2, 0) is 4.79 Å². The SMILES string of the molecule is CC(=O)SCCC#Cc1cccc(C(=O)O)c1. The third-order valence-corrected chi connectivity index (χ3v) is 2.69. The molecule has 0 bridgehead atoms. The second-order valence-electron chi connectivity index (χ2n) is 3.28. The number of carboxylic acids is 1. The molecule has 0 aromatic heterocycles. The van der Waals surface area contributed by atoms with Crippen molar-refractivity contribution in [2.45, 2.75) is 13.3 Å². The topological polar surface area (TPSA) is 54.4 Å². The van der Waals surface area contributed by atoms with Crippen LogP contribution in [0.3, 0.4) is 0 Å². The molecule has 0 fully saturated rings. The van der Waals surface area contributed by atoms with Crippen LogP contribution >= 0.6 is 11.8 Å². The van der Waals surface area contributed by atoms with Crippen molar-refractivity contribution < 1.29 is 14.7 Å². The molecular weight excluding hydrogens is 236 g/mol. The second-order valence-corrected chi connectivity index (χ2v) is 4.55. The molecule has 0 amide bonds. The summed E-state index contributed by atoms with van der Waals surface area (Å²) in [6, 6.07) is 6.49. The van der Waals surface area contributed by atoms with Gasteiger partial charge in [0.15, 0.2) is 5.12 Å². The van der Waals surface area contributed by atoms with E-state index in [0.717, 1.165) is 0 Å². The molecule has 4 heteroatoms. The van der Waals surface area contributed by atoms with Crippen molar-refractivity contribution in [1.29, 1.82) is 0 Å². The van der Waals surface area contributed by atoms with Crippen molar-refractivity contribution in [2.24, 2.45) is 0 Å². The van der Waals surface area contributed by atoms with Crippen molar-refractivity contribution in [1.82, 2.24) is 0 Å². The quantitative estimate of drug-likeness (QED) is 0.659. The Morgan fingerprint density at radius 2 is 2.18 bits per heavy atom. The minimum atomic E-state index is -0.958. The first-order valence-electron chi connectivity index (χ1n) is 5.05. The van der Waals surface area contributed by atoms with Crippen LogP contribution in [0.4, 0.5) is 0 Å². The van der Waals surface area contributed by atoms with Crippen molar-refractivity contribution in [3.05, 3.63) is 35.4 Å². The molecule has 0 radical (unpaired) electrons. The summed E-state index contributed by atoms with van der Waals surface area (Å²) in [7, 11) is 0. The van der Waals surface area contributed by atoms with E-state index in [-0.39, 0.29) is 10.7 Å². The Labute approximate surface area is 104 Å². The number of carboxylic acid groups (broad SMARTS) is 1. The van der Waals surface area contributed by atoms with Crippen LogP contribution in [0.15, 0.2) is 24.3 Å². The van der Waals surface area contributed by atoms with Crippen molar-refractivity contribution in [3.63, 3.8) is 0 Å². The van der Waals surface area contributed by atoms with Crippen LogP contribution in [-0.4, -0.2) is 21.9 Å². The molecule has 0 aliphatic carbocycles. The summed E-state index contributed by atoms with van der Waals surface area (Å²) in [6.07, 6.45) is 0.613. The lowest BCUT2D eigenvalue weighted by Crippen LogP contribution is -1.95. The van der Waals surface area contributed by atoms with E-state index in [2.05, 4.69) is 11.8 Å². The van der Waals surface area contributed by atoms with Gasteiger partial charge in [-0.2, -0.15) is 0 Å². The average molecular weight is 248 g/mol. The van der Waals surface area contributed by atoms with Gasteiger partial charge in [0.25, 0.3) is 0 Å². The van der Waals surface area contributed by atoms with E-state index in [1.165, 1.54) is 30.8 Å². The predicted molar refractivity (Wildman–Crippen MR) is 68.0 cm³/mol. The number of hydrogen-bond acceptors (Lipinski definition) is 3. The highest BCUT2D eigenvalue weighted by atomic mass is 32.2. The minimum Gasteiger partial charge on any atom is -0.478 e. The van der Waals surface area contributed by atoms with Crippen LogP contribution in [0.25, 0.3) is 0 Å². The van der Waals surface area contributed by atoms with E-state index in [0.29, 0.717) is 17.7 Å². The molecule has 0 saturated carbocycles. The highest BCUT2D eigenvalue weighted by Crippen LogP contribution is 2.05. The van der Waals surface area contributed by atoms with Gasteiger partial charge in [-0.1, -0.05) is 29.7 Å². The number of rotatable bonds is 3. The van der Waals surface area contributed by atoms with Gasteiger partial charge in [-0.25, -0.2) is 4.79 Å². The van der Waals surface area contributed by atoms with Crippen molar-refractivity contribution in [2.75, 3.05) is 5.75 Å². The van der Waals surface area contributed by atoms with Gasteiger partial charge in [-0.3, -0.25) is 4.79 Å². The van der Waals surface area contributed by atoms with Crippen molar-refractivity contribution in [3.8, 4) is 11.8 Å². The smallest absolute Gasteiger partial charge is 0.335 e. The van der Waals surface area contributed by atoms with Gasteiger partial charge >= 0.3 is 5.97 Å². The predicted octanol–water partition coefficient (Wildman–Crippen LogP) is 2.41. The zero-order valence-corrected chi connectivity index (χ0v) is 10.2. The van der Waals surface area contributed by atoms with Crippen LogP contribution in [0.1, 0.15) is 29.3 Å². The molecule has 1 aromatic carbocycles. The maximum absolute atomic E-state index is 10.7. The van der Waals surface area contributed by atoms with Gasteiger partial charge in [-0.15, -0.1) is 0 Å². The summed E-state index contributed by atoms with van der Waals surface area (Å²) >= 11 is 1.24. The third-order valence-electron chi connectivity index (χ3n) is 1.87. The Morgan fingerprint density at radius 1 is 1.41 bits per heavy atom. The second kappa shape index (κ2) is 6.77. The molecule has 1 N–H and O–H groups in total. The van der Waals surface area contributed by atoms with Crippen LogP contribution < -0.4 is 0 Å². The zero-order chi connectivity index (χ0) is 12.7. The number of carbonyl (C=O) groups excluding carboxylic acids is 1. The summed E-state index contributed by atoms with van der Waals surface area (Å²) in [5.41, 5.74) is 0.910. The molecule has 0 unspecified atom stereocenters. The molecule has 0 aliphatic rings. The van der Waals surface area contributed by atoms with E-state index >= 15 is 0 Å². The van der Waals surface area contributed by atoms with Crippen molar-refractivity contribution >= 4 is 22.8 Å². The number of carbonyl (C=O) groups is 2. The van der Waals surface area contributed by atoms with E-state index in [1.54, 1.807) is 12.1 Å². The lowest BCUT2D eigenvalue weighted by molar-refractivity contribution is -0.109. The lowest BCUT2D eigenvalue weighted by atomic mass is 10.1. The Balaban J connectivity index is 2.56. The van der Waals surface area contributed by atoms with Crippen LogP contribution in [0.2, 0.25) is 0 Å². The molecular formula is C13H12O3S.